The molecule has 1 fully saturated rings. The Labute approximate surface area is 134 Å². The summed E-state index contributed by atoms with van der Waals surface area (Å²) in [4.78, 5) is 29.0. The molecule has 0 aromatic carbocycles. The molecule has 7 nitrogen and oxygen atoms in total. The number of fused-ring (bicyclic) bond motifs is 1. The first kappa shape index (κ1) is 16.0. The van der Waals surface area contributed by atoms with E-state index < -0.39 is 0 Å². The highest BCUT2D eigenvalue weighted by Gasteiger charge is 2.20. The summed E-state index contributed by atoms with van der Waals surface area (Å²) in [6, 6.07) is 0. The minimum atomic E-state index is -0.285. The number of aromatic nitrogens is 4. The molecule has 3 rings (SSSR count). The molecule has 0 radical (unpaired) electrons. The molecular formula is C16H24N4O3. The predicted molar refractivity (Wildman–Crippen MR) is 87.7 cm³/mol. The van der Waals surface area contributed by atoms with Gasteiger partial charge in [-0.3, -0.25) is 13.9 Å². The van der Waals surface area contributed by atoms with Crippen LogP contribution in [0, 0.1) is 0 Å². The van der Waals surface area contributed by atoms with E-state index in [1.54, 1.807) is 25.0 Å². The number of hydrogen-bond acceptors (Lipinski definition) is 4. The molecule has 7 heteroatoms. The third kappa shape index (κ3) is 3.39. The first-order valence-corrected chi connectivity index (χ1v) is 8.32. The van der Waals surface area contributed by atoms with Gasteiger partial charge in [0.1, 0.15) is 0 Å². The summed E-state index contributed by atoms with van der Waals surface area (Å²) in [5, 5.41) is 0. The number of unbranched alkanes of at least 4 members (excludes halogenated alkanes) is 4. The van der Waals surface area contributed by atoms with Gasteiger partial charge in [0.25, 0.3) is 5.56 Å². The maximum absolute atomic E-state index is 12.5. The van der Waals surface area contributed by atoms with E-state index in [9.17, 15) is 9.59 Å². The van der Waals surface area contributed by atoms with Crippen LogP contribution in [0.5, 0.6) is 0 Å². The van der Waals surface area contributed by atoms with Gasteiger partial charge >= 0.3 is 5.69 Å². The number of epoxide rings is 1. The highest BCUT2D eigenvalue weighted by molar-refractivity contribution is 5.69. The van der Waals surface area contributed by atoms with Gasteiger partial charge in [0, 0.05) is 20.6 Å². The van der Waals surface area contributed by atoms with Gasteiger partial charge in [-0.15, -0.1) is 0 Å². The largest absolute Gasteiger partial charge is 0.373 e. The van der Waals surface area contributed by atoms with E-state index in [4.69, 9.17) is 4.74 Å². The smallest absolute Gasteiger partial charge is 0.332 e. The molecule has 0 aliphatic carbocycles. The molecule has 0 N–H and O–H groups in total. The van der Waals surface area contributed by atoms with Crippen molar-refractivity contribution in [2.24, 2.45) is 14.1 Å². The van der Waals surface area contributed by atoms with E-state index in [0.29, 0.717) is 23.8 Å². The Bertz CT molecular complexity index is 798. The van der Waals surface area contributed by atoms with Crippen molar-refractivity contribution in [3.63, 3.8) is 0 Å². The van der Waals surface area contributed by atoms with Crippen molar-refractivity contribution in [3.8, 4) is 0 Å². The summed E-state index contributed by atoms with van der Waals surface area (Å²) in [6.07, 6.45) is 8.65. The van der Waals surface area contributed by atoms with Gasteiger partial charge in [-0.1, -0.05) is 25.7 Å². The number of hydrogen-bond donors (Lipinski definition) is 0. The second-order valence-corrected chi connectivity index (χ2v) is 6.34. The van der Waals surface area contributed by atoms with E-state index in [2.05, 4.69) is 4.98 Å². The van der Waals surface area contributed by atoms with E-state index in [-0.39, 0.29) is 11.2 Å². The summed E-state index contributed by atoms with van der Waals surface area (Å²) in [5.74, 6) is 0. The lowest BCUT2D eigenvalue weighted by Gasteiger charge is -2.08. The Kier molecular flexibility index (Phi) is 4.66. The summed E-state index contributed by atoms with van der Waals surface area (Å²) >= 11 is 0. The van der Waals surface area contributed by atoms with Crippen LogP contribution in [0.1, 0.15) is 38.5 Å². The highest BCUT2D eigenvalue weighted by Crippen LogP contribution is 2.17. The topological polar surface area (TPSA) is 74.3 Å². The minimum absolute atomic E-state index is 0.242. The molecule has 1 atom stereocenters. The van der Waals surface area contributed by atoms with Crippen LogP contribution in [0.3, 0.4) is 0 Å². The Balaban J connectivity index is 1.60. The maximum atomic E-state index is 12.5. The van der Waals surface area contributed by atoms with Crippen LogP contribution in [-0.2, 0) is 25.4 Å². The number of nitrogens with zero attached hydrogens (tertiary/aromatic N) is 4. The molecule has 1 aliphatic rings. The van der Waals surface area contributed by atoms with E-state index in [1.807, 2.05) is 0 Å². The SMILES string of the molecule is Cn1cnc2c1c(=O)n(CCCCCCCC1CO1)c(=O)n2C. The average molecular weight is 320 g/mol. The van der Waals surface area contributed by atoms with Crippen LogP contribution < -0.4 is 11.2 Å². The molecule has 0 spiro atoms. The third-order valence-electron chi connectivity index (χ3n) is 4.51. The molecule has 2 aromatic rings. The molecule has 23 heavy (non-hydrogen) atoms. The van der Waals surface area contributed by atoms with Crippen LogP contribution in [0.4, 0.5) is 0 Å². The first-order valence-electron chi connectivity index (χ1n) is 8.32. The molecule has 1 unspecified atom stereocenters. The zero-order chi connectivity index (χ0) is 16.4. The zero-order valence-electron chi connectivity index (χ0n) is 13.8. The fourth-order valence-electron chi connectivity index (χ4n) is 3.00. The summed E-state index contributed by atoms with van der Waals surface area (Å²) in [6.45, 7) is 1.40. The standard InChI is InChI=1S/C16H24N4O3/c1-18-11-17-14-13(18)15(21)20(16(22)19(14)2)9-7-5-3-4-6-8-12-10-23-12/h11-12H,3-10H2,1-2H3. The number of rotatable bonds is 8. The monoisotopic (exact) mass is 320 g/mol. The lowest BCUT2D eigenvalue weighted by Crippen LogP contribution is -2.39. The molecule has 1 saturated heterocycles. The number of imidazole rings is 1. The molecule has 0 amide bonds. The number of aryl methyl sites for hydroxylation is 2. The van der Waals surface area contributed by atoms with Crippen molar-refractivity contribution in [2.75, 3.05) is 6.61 Å². The van der Waals surface area contributed by atoms with Crippen molar-refractivity contribution in [3.05, 3.63) is 27.2 Å². The molecule has 1 aliphatic heterocycles. The van der Waals surface area contributed by atoms with Crippen molar-refractivity contribution in [1.29, 1.82) is 0 Å². The normalized spacial score (nSPS) is 17.0. The fraction of sp³-hybridized carbons (Fsp3) is 0.688. The van der Waals surface area contributed by atoms with Gasteiger partial charge in [-0.05, 0) is 12.8 Å². The molecule has 2 aromatic heterocycles. The molecule has 3 heterocycles. The highest BCUT2D eigenvalue weighted by atomic mass is 16.6. The van der Waals surface area contributed by atoms with Gasteiger partial charge in [0.05, 0.1) is 19.0 Å². The van der Waals surface area contributed by atoms with Crippen LogP contribution in [0.2, 0.25) is 0 Å². The zero-order valence-corrected chi connectivity index (χ0v) is 13.8. The van der Waals surface area contributed by atoms with E-state index in [0.717, 1.165) is 32.3 Å². The lowest BCUT2D eigenvalue weighted by molar-refractivity contribution is 0.387. The summed E-state index contributed by atoms with van der Waals surface area (Å²) in [7, 11) is 3.43. The van der Waals surface area contributed by atoms with Gasteiger partial charge in [-0.25, -0.2) is 9.78 Å². The van der Waals surface area contributed by atoms with Crippen molar-refractivity contribution in [1.82, 2.24) is 18.7 Å². The quantitative estimate of drug-likeness (QED) is 0.540. The van der Waals surface area contributed by atoms with Crippen LogP contribution in [0.25, 0.3) is 11.2 Å². The van der Waals surface area contributed by atoms with E-state index >= 15 is 0 Å². The van der Waals surface area contributed by atoms with Gasteiger partial charge in [0.2, 0.25) is 0 Å². The van der Waals surface area contributed by atoms with Crippen LogP contribution in [-0.4, -0.2) is 31.4 Å². The third-order valence-corrected chi connectivity index (χ3v) is 4.51. The van der Waals surface area contributed by atoms with Crippen LogP contribution >= 0.6 is 0 Å². The predicted octanol–water partition coefficient (Wildman–Crippen LogP) is 1.17. The maximum Gasteiger partial charge on any atom is 0.332 e. The van der Waals surface area contributed by atoms with Gasteiger partial charge in [0.15, 0.2) is 11.2 Å². The summed E-state index contributed by atoms with van der Waals surface area (Å²) in [5.41, 5.74) is 0.402. The van der Waals surface area contributed by atoms with Crippen molar-refractivity contribution < 1.29 is 4.74 Å². The molecule has 126 valence electrons. The Morgan fingerprint density at radius 1 is 1.17 bits per heavy atom. The van der Waals surface area contributed by atoms with Gasteiger partial charge in [-0.2, -0.15) is 0 Å². The molecule has 0 bridgehead atoms. The van der Waals surface area contributed by atoms with E-state index in [1.165, 1.54) is 22.0 Å². The lowest BCUT2D eigenvalue weighted by atomic mass is 10.1. The fourth-order valence-corrected chi connectivity index (χ4v) is 3.00. The average Bonchev–Trinajstić information content (AvgIpc) is 3.27. The Hall–Kier alpha value is -1.89. The second-order valence-electron chi connectivity index (χ2n) is 6.34. The van der Waals surface area contributed by atoms with Crippen LogP contribution in [0.15, 0.2) is 15.9 Å². The Morgan fingerprint density at radius 2 is 1.87 bits per heavy atom. The molecular weight excluding hydrogens is 296 g/mol. The van der Waals surface area contributed by atoms with Crippen molar-refractivity contribution in [2.45, 2.75) is 51.2 Å². The first-order chi connectivity index (χ1) is 11.1. The minimum Gasteiger partial charge on any atom is -0.373 e. The van der Waals surface area contributed by atoms with Crippen molar-refractivity contribution >= 4 is 11.2 Å². The second kappa shape index (κ2) is 6.70. The Morgan fingerprint density at radius 3 is 2.61 bits per heavy atom. The number of ether oxygens (including phenoxy) is 1. The molecule has 0 saturated carbocycles. The van der Waals surface area contributed by atoms with Gasteiger partial charge < -0.3 is 9.30 Å². The summed E-state index contributed by atoms with van der Waals surface area (Å²) < 4.78 is 9.65.